The smallest absolute Gasteiger partial charge is 0.241 e. The number of carbonyl (C=O) groups is 1. The van der Waals surface area contributed by atoms with Crippen LogP contribution >= 0.6 is 0 Å². The molecule has 2 aromatic heterocycles. The molecular formula is C22H30N6O. The molecule has 29 heavy (non-hydrogen) atoms. The number of pyridine rings is 1. The molecule has 7 nitrogen and oxygen atoms in total. The second kappa shape index (κ2) is 8.55. The number of hydrogen-bond donors (Lipinski definition) is 2. The van der Waals surface area contributed by atoms with Crippen LogP contribution in [-0.4, -0.2) is 50.9 Å². The average molecular weight is 395 g/mol. The maximum absolute atomic E-state index is 13.1. The molecule has 0 radical (unpaired) electrons. The molecule has 0 saturated carbocycles. The highest BCUT2D eigenvalue weighted by Crippen LogP contribution is 2.33. The number of rotatable bonds is 4. The minimum Gasteiger partial charge on any atom is -0.341 e. The van der Waals surface area contributed by atoms with Gasteiger partial charge in [0.05, 0.1) is 5.69 Å². The first-order chi connectivity index (χ1) is 14.0. The molecule has 0 bridgehead atoms. The van der Waals surface area contributed by atoms with E-state index in [9.17, 15) is 4.79 Å². The van der Waals surface area contributed by atoms with Gasteiger partial charge < -0.3 is 4.90 Å². The molecule has 2 fully saturated rings. The summed E-state index contributed by atoms with van der Waals surface area (Å²) in [6.07, 6.45) is 8.35. The molecule has 154 valence electrons. The maximum atomic E-state index is 13.1. The lowest BCUT2D eigenvalue weighted by atomic mass is 9.89. The zero-order chi connectivity index (χ0) is 20.4. The molecule has 1 amide bonds. The van der Waals surface area contributed by atoms with Gasteiger partial charge in [-0.1, -0.05) is 13.8 Å². The van der Waals surface area contributed by atoms with E-state index in [1.54, 1.807) is 12.4 Å². The van der Waals surface area contributed by atoms with Crippen molar-refractivity contribution < 1.29 is 4.79 Å². The van der Waals surface area contributed by atoms with E-state index < -0.39 is 0 Å². The van der Waals surface area contributed by atoms with Crippen molar-refractivity contribution in [2.75, 3.05) is 13.1 Å². The average Bonchev–Trinajstić information content (AvgIpc) is 3.24. The lowest BCUT2D eigenvalue weighted by Gasteiger charge is -2.34. The van der Waals surface area contributed by atoms with Gasteiger partial charge in [-0.05, 0) is 49.8 Å². The molecule has 0 aromatic carbocycles. The summed E-state index contributed by atoms with van der Waals surface area (Å²) < 4.78 is 0. The molecule has 3 unspecified atom stereocenters. The fraction of sp³-hybridized carbons (Fsp3) is 0.545. The number of hydrogen-bond acceptors (Lipinski definition) is 6. The van der Waals surface area contributed by atoms with Crippen molar-refractivity contribution in [1.29, 1.82) is 0 Å². The highest BCUT2D eigenvalue weighted by atomic mass is 16.2. The molecule has 0 spiro atoms. The van der Waals surface area contributed by atoms with E-state index >= 15 is 0 Å². The number of hydrazine groups is 1. The Hall–Kier alpha value is -2.38. The molecule has 2 aliphatic rings. The minimum atomic E-state index is -0.145. The van der Waals surface area contributed by atoms with Crippen LogP contribution in [0.4, 0.5) is 0 Å². The molecule has 4 heterocycles. The Morgan fingerprint density at radius 3 is 2.76 bits per heavy atom. The monoisotopic (exact) mass is 394 g/mol. The molecule has 7 heteroatoms. The van der Waals surface area contributed by atoms with Crippen LogP contribution in [0.3, 0.4) is 0 Å². The van der Waals surface area contributed by atoms with Crippen LogP contribution in [0.1, 0.15) is 50.5 Å². The fourth-order valence-electron chi connectivity index (χ4n) is 4.35. The topological polar surface area (TPSA) is 83.0 Å². The van der Waals surface area contributed by atoms with Gasteiger partial charge in [-0.3, -0.25) is 15.2 Å². The lowest BCUT2D eigenvalue weighted by Crippen LogP contribution is -2.49. The number of piperidine rings is 1. The Kier molecular flexibility index (Phi) is 5.87. The molecule has 2 N–H and O–H groups in total. The van der Waals surface area contributed by atoms with Crippen LogP contribution < -0.4 is 10.9 Å². The quantitative estimate of drug-likeness (QED) is 0.829. The number of carbonyl (C=O) groups excluding carboxylic acids is 1. The van der Waals surface area contributed by atoms with Crippen LogP contribution in [0.25, 0.3) is 11.1 Å². The molecule has 0 aliphatic carbocycles. The van der Waals surface area contributed by atoms with Gasteiger partial charge in [-0.2, -0.15) is 0 Å². The number of aryl methyl sites for hydroxylation is 1. The first-order valence-corrected chi connectivity index (χ1v) is 10.6. The Bertz CT molecular complexity index is 856. The number of likely N-dealkylation sites (tertiary alicyclic amines) is 1. The lowest BCUT2D eigenvalue weighted by molar-refractivity contribution is -0.134. The third kappa shape index (κ3) is 4.31. The van der Waals surface area contributed by atoms with Crippen molar-refractivity contribution in [3.05, 3.63) is 42.2 Å². The van der Waals surface area contributed by atoms with Crippen LogP contribution in [0.2, 0.25) is 0 Å². The summed E-state index contributed by atoms with van der Waals surface area (Å²) in [5, 5.41) is 0. The van der Waals surface area contributed by atoms with Crippen molar-refractivity contribution >= 4 is 5.91 Å². The van der Waals surface area contributed by atoms with Crippen LogP contribution in [0, 0.1) is 12.8 Å². The summed E-state index contributed by atoms with van der Waals surface area (Å²) in [4.78, 5) is 28.5. The van der Waals surface area contributed by atoms with Crippen LogP contribution in [0.5, 0.6) is 0 Å². The van der Waals surface area contributed by atoms with Crippen LogP contribution in [0.15, 0.2) is 30.7 Å². The summed E-state index contributed by atoms with van der Waals surface area (Å²) in [5.41, 5.74) is 9.64. The van der Waals surface area contributed by atoms with Crippen LogP contribution in [-0.2, 0) is 4.79 Å². The van der Waals surface area contributed by atoms with E-state index in [1.807, 2.05) is 30.2 Å². The number of nitrogens with one attached hydrogen (secondary N) is 2. The van der Waals surface area contributed by atoms with Gasteiger partial charge in [0, 0.05) is 49.2 Å². The SMILES string of the molecule is Cc1ncc(-c2ccncc2)c(C2CCCN(C(=O)C3CC(C(C)C)NN3)C2)n1. The Balaban J connectivity index is 1.53. The molecule has 2 saturated heterocycles. The molecule has 4 rings (SSSR count). The van der Waals surface area contributed by atoms with Crippen molar-refractivity contribution in [3.8, 4) is 11.1 Å². The van der Waals surface area contributed by atoms with Gasteiger partial charge in [0.2, 0.25) is 5.91 Å². The molecule has 2 aliphatic heterocycles. The summed E-state index contributed by atoms with van der Waals surface area (Å²) in [5.74, 6) is 1.68. The molecular weight excluding hydrogens is 364 g/mol. The zero-order valence-electron chi connectivity index (χ0n) is 17.4. The van der Waals surface area contributed by atoms with E-state index in [2.05, 4.69) is 34.7 Å². The van der Waals surface area contributed by atoms with Crippen molar-refractivity contribution in [2.45, 2.75) is 58.0 Å². The largest absolute Gasteiger partial charge is 0.341 e. The number of nitrogens with zero attached hydrogens (tertiary/aromatic N) is 4. The predicted molar refractivity (Wildman–Crippen MR) is 112 cm³/mol. The minimum absolute atomic E-state index is 0.145. The van der Waals surface area contributed by atoms with E-state index in [1.165, 1.54) is 0 Å². The Morgan fingerprint density at radius 1 is 1.24 bits per heavy atom. The van der Waals surface area contributed by atoms with Crippen molar-refractivity contribution in [2.24, 2.45) is 5.92 Å². The van der Waals surface area contributed by atoms with E-state index in [-0.39, 0.29) is 17.9 Å². The zero-order valence-corrected chi connectivity index (χ0v) is 17.4. The van der Waals surface area contributed by atoms with E-state index in [0.29, 0.717) is 18.5 Å². The standard InChI is InChI=1S/C22H30N6O/c1-14(2)19-11-20(27-26-19)22(29)28-10-4-5-17(13-28)21-18(12-24-15(3)25-21)16-6-8-23-9-7-16/h6-9,12,14,17,19-20,26-27H,4-5,10-11,13H2,1-3H3. The van der Waals surface area contributed by atoms with Gasteiger partial charge in [0.1, 0.15) is 11.9 Å². The van der Waals surface area contributed by atoms with Gasteiger partial charge in [0.25, 0.3) is 0 Å². The number of amides is 1. The van der Waals surface area contributed by atoms with Gasteiger partial charge >= 0.3 is 0 Å². The third-order valence-corrected chi connectivity index (χ3v) is 6.09. The second-order valence-electron chi connectivity index (χ2n) is 8.50. The summed E-state index contributed by atoms with van der Waals surface area (Å²) in [6.45, 7) is 7.81. The summed E-state index contributed by atoms with van der Waals surface area (Å²) in [7, 11) is 0. The highest BCUT2D eigenvalue weighted by Gasteiger charge is 2.36. The molecule has 3 atom stereocenters. The number of aromatic nitrogens is 3. The fourth-order valence-corrected chi connectivity index (χ4v) is 4.35. The summed E-state index contributed by atoms with van der Waals surface area (Å²) >= 11 is 0. The van der Waals surface area contributed by atoms with Gasteiger partial charge in [0.15, 0.2) is 0 Å². The molecule has 2 aromatic rings. The second-order valence-corrected chi connectivity index (χ2v) is 8.50. The first-order valence-electron chi connectivity index (χ1n) is 10.6. The van der Waals surface area contributed by atoms with E-state index in [4.69, 9.17) is 4.98 Å². The highest BCUT2D eigenvalue weighted by molar-refractivity contribution is 5.82. The predicted octanol–water partition coefficient (Wildman–Crippen LogP) is 2.44. The maximum Gasteiger partial charge on any atom is 0.241 e. The third-order valence-electron chi connectivity index (χ3n) is 6.09. The van der Waals surface area contributed by atoms with E-state index in [0.717, 1.165) is 48.5 Å². The van der Waals surface area contributed by atoms with Gasteiger partial charge in [-0.25, -0.2) is 15.4 Å². The van der Waals surface area contributed by atoms with Gasteiger partial charge in [-0.15, -0.1) is 0 Å². The Morgan fingerprint density at radius 2 is 2.03 bits per heavy atom. The van der Waals surface area contributed by atoms with Crippen molar-refractivity contribution in [1.82, 2.24) is 30.7 Å². The summed E-state index contributed by atoms with van der Waals surface area (Å²) in [6, 6.07) is 4.17. The first kappa shape index (κ1) is 19.9. The van der Waals surface area contributed by atoms with Crippen molar-refractivity contribution in [3.63, 3.8) is 0 Å². The Labute approximate surface area is 172 Å². The normalized spacial score (nSPS) is 24.8.